The summed E-state index contributed by atoms with van der Waals surface area (Å²) >= 11 is 3.19. The number of hydrogen-bond donors (Lipinski definition) is 0. The number of hydrogen-bond acceptors (Lipinski definition) is 3. The predicted octanol–water partition coefficient (Wildman–Crippen LogP) is 2.23. The zero-order valence-electron chi connectivity index (χ0n) is 8.60. The molecule has 1 amide bonds. The molecule has 1 aliphatic heterocycles. The van der Waals surface area contributed by atoms with Crippen LogP contribution in [-0.2, 0) is 4.79 Å². The predicted molar refractivity (Wildman–Crippen MR) is 62.7 cm³/mol. The van der Waals surface area contributed by atoms with E-state index in [4.69, 9.17) is 0 Å². The molecule has 90 valence electrons. The SMILES string of the molecule is O=C1C(Br)CCN1c1cc(F)cc([N+](=O)[O-])c1. The van der Waals surface area contributed by atoms with Crippen molar-refractivity contribution < 1.29 is 14.1 Å². The molecule has 0 aromatic heterocycles. The first kappa shape index (κ1) is 12.0. The maximum atomic E-state index is 13.2. The van der Waals surface area contributed by atoms with E-state index < -0.39 is 10.7 Å². The zero-order valence-corrected chi connectivity index (χ0v) is 10.2. The number of nitrogens with zero attached hydrogens (tertiary/aromatic N) is 2. The van der Waals surface area contributed by atoms with Crippen LogP contribution in [0.15, 0.2) is 18.2 Å². The Kier molecular flexibility index (Phi) is 3.10. The Labute approximate surface area is 104 Å². The van der Waals surface area contributed by atoms with Crippen LogP contribution in [0, 0.1) is 15.9 Å². The Balaban J connectivity index is 2.39. The molecular weight excluding hydrogens is 295 g/mol. The second kappa shape index (κ2) is 4.40. The van der Waals surface area contributed by atoms with Crippen molar-refractivity contribution >= 4 is 33.2 Å². The average molecular weight is 303 g/mol. The Morgan fingerprint density at radius 2 is 2.18 bits per heavy atom. The lowest BCUT2D eigenvalue weighted by Gasteiger charge is -2.15. The number of alkyl halides is 1. The van der Waals surface area contributed by atoms with Crippen LogP contribution in [0.25, 0.3) is 0 Å². The Morgan fingerprint density at radius 3 is 2.71 bits per heavy atom. The number of benzene rings is 1. The normalized spacial score (nSPS) is 19.8. The number of anilines is 1. The third kappa shape index (κ3) is 2.28. The van der Waals surface area contributed by atoms with Gasteiger partial charge in [0.2, 0.25) is 5.91 Å². The van der Waals surface area contributed by atoms with Gasteiger partial charge < -0.3 is 4.90 Å². The third-order valence-electron chi connectivity index (χ3n) is 2.53. The van der Waals surface area contributed by atoms with Gasteiger partial charge in [-0.2, -0.15) is 0 Å². The van der Waals surface area contributed by atoms with Crippen LogP contribution in [0.4, 0.5) is 15.8 Å². The van der Waals surface area contributed by atoms with E-state index >= 15 is 0 Å². The highest BCUT2D eigenvalue weighted by Crippen LogP contribution is 2.29. The zero-order chi connectivity index (χ0) is 12.6. The summed E-state index contributed by atoms with van der Waals surface area (Å²) in [5.41, 5.74) is -0.130. The number of rotatable bonds is 2. The summed E-state index contributed by atoms with van der Waals surface area (Å²) in [6.07, 6.45) is 0.600. The molecule has 1 aliphatic rings. The largest absolute Gasteiger partial charge is 0.311 e. The van der Waals surface area contributed by atoms with E-state index in [9.17, 15) is 19.3 Å². The van der Waals surface area contributed by atoms with Gasteiger partial charge in [0.15, 0.2) is 0 Å². The van der Waals surface area contributed by atoms with Crippen molar-refractivity contribution in [2.24, 2.45) is 0 Å². The second-order valence-corrected chi connectivity index (χ2v) is 4.78. The van der Waals surface area contributed by atoms with Gasteiger partial charge in [0, 0.05) is 12.6 Å². The lowest BCUT2D eigenvalue weighted by molar-refractivity contribution is -0.385. The number of carbonyl (C=O) groups excluding carboxylic acids is 1. The highest BCUT2D eigenvalue weighted by atomic mass is 79.9. The number of non-ortho nitro benzene ring substituents is 1. The van der Waals surface area contributed by atoms with Gasteiger partial charge >= 0.3 is 0 Å². The molecule has 0 N–H and O–H groups in total. The van der Waals surface area contributed by atoms with Crippen molar-refractivity contribution in [3.63, 3.8) is 0 Å². The minimum Gasteiger partial charge on any atom is -0.311 e. The van der Waals surface area contributed by atoms with Crippen molar-refractivity contribution in [1.82, 2.24) is 0 Å². The van der Waals surface area contributed by atoms with Gasteiger partial charge in [0.1, 0.15) is 5.82 Å². The number of nitro groups is 1. The molecule has 1 unspecified atom stereocenters. The molecule has 7 heteroatoms. The number of halogens is 2. The molecule has 0 bridgehead atoms. The molecule has 1 atom stereocenters. The quantitative estimate of drug-likeness (QED) is 0.478. The minimum atomic E-state index is -0.722. The number of amides is 1. The van der Waals surface area contributed by atoms with Gasteiger partial charge in [-0.1, -0.05) is 15.9 Å². The maximum Gasteiger partial charge on any atom is 0.274 e. The minimum absolute atomic E-state index is 0.204. The summed E-state index contributed by atoms with van der Waals surface area (Å²) in [4.78, 5) is 22.6. The molecule has 1 saturated heterocycles. The summed E-state index contributed by atoms with van der Waals surface area (Å²) in [7, 11) is 0. The first-order chi connectivity index (χ1) is 7.99. The standard InChI is InChI=1S/C10H8BrFN2O3/c11-9-1-2-13(10(9)15)7-3-6(12)4-8(5-7)14(16)17/h3-5,9H,1-2H2. The number of nitro benzene ring substituents is 1. The van der Waals surface area contributed by atoms with Crippen LogP contribution in [-0.4, -0.2) is 22.2 Å². The van der Waals surface area contributed by atoms with Crippen LogP contribution in [0.5, 0.6) is 0 Å². The van der Waals surface area contributed by atoms with Crippen molar-refractivity contribution in [2.75, 3.05) is 11.4 Å². The van der Waals surface area contributed by atoms with Crippen molar-refractivity contribution in [1.29, 1.82) is 0 Å². The third-order valence-corrected chi connectivity index (χ3v) is 3.38. The average Bonchev–Trinajstić information content (AvgIpc) is 2.59. The van der Waals surface area contributed by atoms with Gasteiger partial charge in [-0.15, -0.1) is 0 Å². The van der Waals surface area contributed by atoms with Crippen molar-refractivity contribution in [2.45, 2.75) is 11.2 Å². The Morgan fingerprint density at radius 1 is 1.47 bits per heavy atom. The van der Waals surface area contributed by atoms with Crippen LogP contribution in [0.3, 0.4) is 0 Å². The summed E-state index contributed by atoms with van der Waals surface area (Å²) < 4.78 is 13.2. The van der Waals surface area contributed by atoms with Crippen LogP contribution >= 0.6 is 15.9 Å². The van der Waals surface area contributed by atoms with E-state index in [1.165, 1.54) is 11.0 Å². The van der Waals surface area contributed by atoms with Crippen LogP contribution in [0.1, 0.15) is 6.42 Å². The summed E-state index contributed by atoms with van der Waals surface area (Å²) in [5.74, 6) is -0.926. The Hall–Kier alpha value is -1.50. The second-order valence-electron chi connectivity index (χ2n) is 3.67. The molecule has 1 aromatic rings. The molecule has 0 radical (unpaired) electrons. The topological polar surface area (TPSA) is 63.5 Å². The molecule has 1 heterocycles. The molecule has 0 aliphatic carbocycles. The molecule has 2 rings (SSSR count). The monoisotopic (exact) mass is 302 g/mol. The summed E-state index contributed by atoms with van der Waals surface area (Å²) in [6.45, 7) is 0.426. The lowest BCUT2D eigenvalue weighted by Crippen LogP contribution is -2.27. The van der Waals surface area contributed by atoms with E-state index in [-0.39, 0.29) is 22.1 Å². The molecule has 5 nitrogen and oxygen atoms in total. The fraction of sp³-hybridized carbons (Fsp3) is 0.300. The fourth-order valence-corrected chi connectivity index (χ4v) is 2.17. The Bertz CT molecular complexity index is 494. The van der Waals surface area contributed by atoms with E-state index in [1.54, 1.807) is 0 Å². The van der Waals surface area contributed by atoms with E-state index in [2.05, 4.69) is 15.9 Å². The van der Waals surface area contributed by atoms with Crippen molar-refractivity contribution in [3.05, 3.63) is 34.1 Å². The molecule has 1 fully saturated rings. The fourth-order valence-electron chi connectivity index (χ4n) is 1.72. The van der Waals surface area contributed by atoms with E-state index in [0.29, 0.717) is 13.0 Å². The first-order valence-corrected chi connectivity index (χ1v) is 5.81. The number of carbonyl (C=O) groups is 1. The van der Waals surface area contributed by atoms with Gasteiger partial charge in [-0.05, 0) is 12.5 Å². The van der Waals surface area contributed by atoms with Crippen molar-refractivity contribution in [3.8, 4) is 0 Å². The maximum absolute atomic E-state index is 13.2. The molecular formula is C10H8BrFN2O3. The van der Waals surface area contributed by atoms with Gasteiger partial charge in [-0.25, -0.2) is 4.39 Å². The molecule has 0 spiro atoms. The first-order valence-electron chi connectivity index (χ1n) is 4.89. The molecule has 17 heavy (non-hydrogen) atoms. The summed E-state index contributed by atoms with van der Waals surface area (Å²) in [6, 6.07) is 3.15. The van der Waals surface area contributed by atoms with E-state index in [1.807, 2.05) is 0 Å². The van der Waals surface area contributed by atoms with Gasteiger partial charge in [-0.3, -0.25) is 14.9 Å². The highest BCUT2D eigenvalue weighted by Gasteiger charge is 2.31. The smallest absolute Gasteiger partial charge is 0.274 e. The lowest BCUT2D eigenvalue weighted by atomic mass is 10.2. The van der Waals surface area contributed by atoms with E-state index in [0.717, 1.165) is 12.1 Å². The van der Waals surface area contributed by atoms with Gasteiger partial charge in [0.05, 0.1) is 21.5 Å². The van der Waals surface area contributed by atoms with Crippen LogP contribution < -0.4 is 4.90 Å². The molecule has 0 saturated carbocycles. The van der Waals surface area contributed by atoms with Crippen LogP contribution in [0.2, 0.25) is 0 Å². The summed E-state index contributed by atoms with van der Waals surface area (Å²) in [5, 5.41) is 10.6. The van der Waals surface area contributed by atoms with Gasteiger partial charge in [0.25, 0.3) is 5.69 Å². The molecule has 1 aromatic carbocycles. The highest BCUT2D eigenvalue weighted by molar-refractivity contribution is 9.10.